The molecule has 2 atom stereocenters. The van der Waals surface area contributed by atoms with Crippen LogP contribution in [0, 0.1) is 0 Å². The van der Waals surface area contributed by atoms with Crippen molar-refractivity contribution >= 4 is 19.8 Å². The predicted octanol–water partition coefficient (Wildman–Crippen LogP) is 18.3. The predicted molar refractivity (Wildman–Crippen MR) is 323 cm³/mol. The molecule has 2 unspecified atom stereocenters. The van der Waals surface area contributed by atoms with E-state index in [2.05, 4.69) is 148 Å². The van der Waals surface area contributed by atoms with Gasteiger partial charge < -0.3 is 27.9 Å². The van der Waals surface area contributed by atoms with Crippen molar-refractivity contribution in [1.29, 1.82) is 0 Å². The van der Waals surface area contributed by atoms with Crippen LogP contribution in [0.1, 0.15) is 219 Å². The van der Waals surface area contributed by atoms with Crippen LogP contribution in [-0.4, -0.2) is 70.0 Å². The summed E-state index contributed by atoms with van der Waals surface area (Å²) in [5.41, 5.74) is 0. The minimum Gasteiger partial charge on any atom is -0.756 e. The molecule has 0 N–H and O–H groups in total. The Kier molecular flexibility index (Phi) is 53.1. The molecule has 0 bridgehead atoms. The lowest BCUT2D eigenvalue weighted by Crippen LogP contribution is -2.37. The Morgan fingerprint density at radius 2 is 0.711 bits per heavy atom. The van der Waals surface area contributed by atoms with Gasteiger partial charge in [-0.15, -0.1) is 0 Å². The number of carbonyl (C=O) groups excluding carboxylic acids is 2. The van der Waals surface area contributed by atoms with Crippen LogP contribution in [0.25, 0.3) is 0 Å². The summed E-state index contributed by atoms with van der Waals surface area (Å²) in [4.78, 5) is 37.9. The molecule has 10 heteroatoms. The molecule has 0 radical (unpaired) electrons. The van der Waals surface area contributed by atoms with Gasteiger partial charge in [-0.25, -0.2) is 0 Å². The van der Waals surface area contributed by atoms with Crippen LogP contribution >= 0.6 is 7.82 Å². The summed E-state index contributed by atoms with van der Waals surface area (Å²) in [7, 11) is 1.13. The first-order valence-electron chi connectivity index (χ1n) is 29.9. The Labute approximate surface area is 466 Å². The van der Waals surface area contributed by atoms with Gasteiger partial charge in [0.05, 0.1) is 27.7 Å². The van der Waals surface area contributed by atoms with Crippen LogP contribution in [-0.2, 0) is 32.7 Å². The van der Waals surface area contributed by atoms with Crippen LogP contribution in [0.3, 0.4) is 0 Å². The molecule has 0 aromatic rings. The van der Waals surface area contributed by atoms with Gasteiger partial charge in [0.25, 0.3) is 7.82 Å². The summed E-state index contributed by atoms with van der Waals surface area (Å²) in [6, 6.07) is 0. The van der Waals surface area contributed by atoms with Crippen molar-refractivity contribution in [2.24, 2.45) is 0 Å². The van der Waals surface area contributed by atoms with Gasteiger partial charge in [0.15, 0.2) is 6.10 Å². The summed E-state index contributed by atoms with van der Waals surface area (Å²) in [6.07, 6.45) is 80.6. The van der Waals surface area contributed by atoms with Crippen LogP contribution in [0.2, 0.25) is 0 Å². The summed E-state index contributed by atoms with van der Waals surface area (Å²) < 4.78 is 34.2. The Balaban J connectivity index is 4.23. The molecular formula is C66H110NO8P. The maximum absolute atomic E-state index is 12.8. The number of likely N-dealkylation sites (N-methyl/N-ethyl adjacent to an activating group) is 1. The minimum absolute atomic E-state index is 0.0420. The van der Waals surface area contributed by atoms with E-state index in [9.17, 15) is 19.0 Å². The zero-order chi connectivity index (χ0) is 55.6. The number of carbonyl (C=O) groups is 2. The molecule has 0 fully saturated rings. The topological polar surface area (TPSA) is 111 Å². The van der Waals surface area contributed by atoms with E-state index in [1.165, 1.54) is 44.9 Å². The molecule has 0 aliphatic rings. The second-order valence-electron chi connectivity index (χ2n) is 20.6. The SMILES string of the molecule is CC/C=C\C/C=C\C/C=C\C/C=C\C/C=C\C/C=C\CCCCCCCCC(=O)OC(COC(=O)CCCCCCCCCCCCC/C=C\C/C=C\C/C=C\C/C=C\C/C=C\CC)COP(=O)([O-])OCC[N+](C)(C)C. The molecule has 0 aliphatic heterocycles. The van der Waals surface area contributed by atoms with Crippen molar-refractivity contribution in [3.63, 3.8) is 0 Å². The van der Waals surface area contributed by atoms with Gasteiger partial charge in [0.2, 0.25) is 0 Å². The zero-order valence-corrected chi connectivity index (χ0v) is 49.8. The smallest absolute Gasteiger partial charge is 0.306 e. The first-order valence-corrected chi connectivity index (χ1v) is 31.4. The van der Waals surface area contributed by atoms with Gasteiger partial charge in [0, 0.05) is 12.8 Å². The molecule has 0 heterocycles. The minimum atomic E-state index is -4.65. The third-order valence-corrected chi connectivity index (χ3v) is 13.1. The number of nitrogens with zero attached hydrogens (tertiary/aromatic N) is 1. The van der Waals surface area contributed by atoms with Gasteiger partial charge in [-0.2, -0.15) is 0 Å². The molecule has 0 amide bonds. The highest BCUT2D eigenvalue weighted by Gasteiger charge is 2.21. The Morgan fingerprint density at radius 3 is 1.05 bits per heavy atom. The number of phosphoric ester groups is 1. The third kappa shape index (κ3) is 59.4. The van der Waals surface area contributed by atoms with Crippen molar-refractivity contribution in [2.45, 2.75) is 225 Å². The maximum atomic E-state index is 12.8. The highest BCUT2D eigenvalue weighted by molar-refractivity contribution is 7.45. The number of quaternary nitrogens is 1. The molecule has 0 rings (SSSR count). The second kappa shape index (κ2) is 55.9. The van der Waals surface area contributed by atoms with Gasteiger partial charge in [-0.05, 0) is 109 Å². The summed E-state index contributed by atoms with van der Waals surface area (Å²) in [6.45, 7) is 3.98. The van der Waals surface area contributed by atoms with E-state index in [4.69, 9.17) is 18.5 Å². The molecule has 76 heavy (non-hydrogen) atoms. The van der Waals surface area contributed by atoms with Gasteiger partial charge in [-0.1, -0.05) is 231 Å². The molecule has 0 aliphatic carbocycles. The fraction of sp³-hybridized carbons (Fsp3) is 0.636. The number of phosphoric acid groups is 1. The normalized spacial score (nSPS) is 14.2. The average molecular weight is 1080 g/mol. The monoisotopic (exact) mass is 1080 g/mol. The van der Waals surface area contributed by atoms with E-state index in [0.29, 0.717) is 17.4 Å². The van der Waals surface area contributed by atoms with Crippen molar-refractivity contribution < 1.29 is 42.1 Å². The van der Waals surface area contributed by atoms with Crippen molar-refractivity contribution in [3.8, 4) is 0 Å². The lowest BCUT2D eigenvalue weighted by Gasteiger charge is -2.28. The number of rotatable bonds is 53. The van der Waals surface area contributed by atoms with Gasteiger partial charge >= 0.3 is 11.9 Å². The molecule has 0 aromatic heterocycles. The molecule has 0 spiro atoms. The first kappa shape index (κ1) is 72.2. The summed E-state index contributed by atoms with van der Waals surface area (Å²) >= 11 is 0. The van der Waals surface area contributed by atoms with E-state index in [-0.39, 0.29) is 26.1 Å². The van der Waals surface area contributed by atoms with Gasteiger partial charge in [-0.3, -0.25) is 14.2 Å². The van der Waals surface area contributed by atoms with Crippen LogP contribution < -0.4 is 4.89 Å². The molecule has 432 valence electrons. The lowest BCUT2D eigenvalue weighted by molar-refractivity contribution is -0.870. The van der Waals surface area contributed by atoms with Crippen LogP contribution in [0.4, 0.5) is 0 Å². The first-order chi connectivity index (χ1) is 37.0. The fourth-order valence-electron chi connectivity index (χ4n) is 7.63. The number of allylic oxidation sites excluding steroid dienone is 22. The third-order valence-electron chi connectivity index (χ3n) is 12.2. The molecule has 0 saturated carbocycles. The van der Waals surface area contributed by atoms with E-state index < -0.39 is 32.5 Å². The largest absolute Gasteiger partial charge is 0.756 e. The summed E-state index contributed by atoms with van der Waals surface area (Å²) in [5, 5.41) is 0. The molecule has 9 nitrogen and oxygen atoms in total. The Hall–Kier alpha value is -3.85. The Morgan fingerprint density at radius 1 is 0.408 bits per heavy atom. The maximum Gasteiger partial charge on any atom is 0.306 e. The average Bonchev–Trinajstić information content (AvgIpc) is 3.38. The quantitative estimate of drug-likeness (QED) is 0.0195. The molecular weight excluding hydrogens is 966 g/mol. The lowest BCUT2D eigenvalue weighted by atomic mass is 10.0. The number of hydrogen-bond donors (Lipinski definition) is 0. The van der Waals surface area contributed by atoms with Crippen molar-refractivity contribution in [3.05, 3.63) is 134 Å². The van der Waals surface area contributed by atoms with E-state index in [1.807, 2.05) is 21.1 Å². The van der Waals surface area contributed by atoms with Crippen LogP contribution in [0.15, 0.2) is 134 Å². The van der Waals surface area contributed by atoms with E-state index in [1.54, 1.807) is 0 Å². The number of hydrogen-bond acceptors (Lipinski definition) is 8. The molecule has 0 aromatic carbocycles. The summed E-state index contributed by atoms with van der Waals surface area (Å²) in [5.74, 6) is -0.862. The highest BCUT2D eigenvalue weighted by atomic mass is 31.2. The number of ether oxygens (including phenoxy) is 2. The fourth-order valence-corrected chi connectivity index (χ4v) is 8.36. The van der Waals surface area contributed by atoms with Gasteiger partial charge in [0.1, 0.15) is 19.8 Å². The number of esters is 2. The van der Waals surface area contributed by atoms with E-state index in [0.717, 1.165) is 141 Å². The van der Waals surface area contributed by atoms with Crippen molar-refractivity contribution in [2.75, 3.05) is 47.5 Å². The zero-order valence-electron chi connectivity index (χ0n) is 48.9. The number of unbranched alkanes of at least 4 members (excludes halogenated alkanes) is 17. The van der Waals surface area contributed by atoms with Crippen molar-refractivity contribution in [1.82, 2.24) is 0 Å². The highest BCUT2D eigenvalue weighted by Crippen LogP contribution is 2.38. The molecule has 0 saturated heterocycles. The van der Waals surface area contributed by atoms with Crippen LogP contribution in [0.5, 0.6) is 0 Å². The van der Waals surface area contributed by atoms with E-state index >= 15 is 0 Å². The standard InChI is InChI=1S/C66H110NO8P/c1-6-8-10-12-14-16-18-20-22-24-26-28-30-32-33-35-36-38-40-42-44-46-48-50-52-54-56-58-65(68)72-62-64(63-74-76(70,71)73-61-60-67(3,4)5)75-66(69)59-57-55-53-51-49-47-45-43-41-39-37-34-31-29-27-25-23-21-19-17-15-13-11-9-7-2/h8-11,14-17,20-23,26-29,32-34,37,41,43,64H,6-7,12-13,18-19,24-25,30-31,35-36,38-40,42,44-63H2,1-5H3/b10-8-,11-9-,16-14-,17-15-,22-20-,23-21-,28-26-,29-27-,33-32-,37-34-,43-41-. The second-order valence-corrected chi connectivity index (χ2v) is 22.0. The Bertz CT molecular complexity index is 1740.